The van der Waals surface area contributed by atoms with Crippen molar-refractivity contribution in [3.8, 4) is 0 Å². The maximum atomic E-state index is 2.85. The Morgan fingerprint density at radius 3 is 2.45 bits per heavy atom. The summed E-state index contributed by atoms with van der Waals surface area (Å²) >= 11 is 1.99. The molecule has 1 atom stereocenters. The summed E-state index contributed by atoms with van der Waals surface area (Å²) in [5.41, 5.74) is 0.900. The minimum Gasteiger partial charge on any atom is -0.293 e. The Hall–Kier alpha value is -0.340. The van der Waals surface area contributed by atoms with Crippen molar-refractivity contribution < 1.29 is 0 Å². The van der Waals surface area contributed by atoms with Crippen LogP contribution in [0.25, 0.3) is 0 Å². The molecule has 1 nitrogen and oxygen atoms in total. The quantitative estimate of drug-likeness (QED) is 0.658. The Morgan fingerprint density at radius 2 is 1.75 bits per heavy atom. The first-order valence-corrected chi connectivity index (χ1v) is 9.30. The largest absolute Gasteiger partial charge is 0.293 e. The molecule has 1 aromatic heterocycles. The van der Waals surface area contributed by atoms with Crippen molar-refractivity contribution in [2.45, 2.75) is 70.8 Å². The van der Waals surface area contributed by atoms with Gasteiger partial charge in [0.2, 0.25) is 0 Å². The van der Waals surface area contributed by atoms with Gasteiger partial charge in [0.25, 0.3) is 0 Å². The summed E-state index contributed by atoms with van der Waals surface area (Å²) in [6, 6.07) is 4.65. The Labute approximate surface area is 128 Å². The van der Waals surface area contributed by atoms with Gasteiger partial charge in [-0.3, -0.25) is 4.90 Å². The van der Waals surface area contributed by atoms with Crippen LogP contribution in [0.4, 0.5) is 0 Å². The molecule has 3 rings (SSSR count). The number of rotatable bonds is 2. The lowest BCUT2D eigenvalue weighted by Gasteiger charge is -2.45. The predicted octanol–water partition coefficient (Wildman–Crippen LogP) is 5.42. The molecule has 2 aliphatic rings. The average molecular weight is 292 g/mol. The lowest BCUT2D eigenvalue weighted by molar-refractivity contribution is 0.0496. The summed E-state index contributed by atoms with van der Waals surface area (Å²) in [5.74, 6) is 0. The summed E-state index contributed by atoms with van der Waals surface area (Å²) in [6.45, 7) is 7.57. The van der Waals surface area contributed by atoms with E-state index >= 15 is 0 Å². The molecule has 1 unspecified atom stereocenters. The summed E-state index contributed by atoms with van der Waals surface area (Å²) in [4.78, 5) is 4.49. The third-order valence-electron chi connectivity index (χ3n) is 5.60. The van der Waals surface area contributed by atoms with Gasteiger partial charge in [0.1, 0.15) is 0 Å². The third-order valence-corrected chi connectivity index (χ3v) is 6.66. The van der Waals surface area contributed by atoms with Crippen LogP contribution in [-0.2, 0) is 5.54 Å². The fourth-order valence-corrected chi connectivity index (χ4v) is 5.25. The molecule has 1 aliphatic heterocycles. The van der Waals surface area contributed by atoms with Crippen LogP contribution in [0.2, 0.25) is 0 Å². The topological polar surface area (TPSA) is 3.24 Å². The Bertz CT molecular complexity index is 417. The van der Waals surface area contributed by atoms with E-state index in [1.807, 2.05) is 11.3 Å². The van der Waals surface area contributed by atoms with Gasteiger partial charge < -0.3 is 0 Å². The van der Waals surface area contributed by atoms with Gasteiger partial charge in [0.15, 0.2) is 0 Å². The highest BCUT2D eigenvalue weighted by molar-refractivity contribution is 7.10. The van der Waals surface area contributed by atoms with Crippen LogP contribution in [-0.4, -0.2) is 18.0 Å². The second-order valence-electron chi connectivity index (χ2n) is 7.57. The molecule has 1 saturated carbocycles. The van der Waals surface area contributed by atoms with Crippen LogP contribution in [0, 0.1) is 5.41 Å². The lowest BCUT2D eigenvalue weighted by atomic mass is 9.81. The van der Waals surface area contributed by atoms with Crippen molar-refractivity contribution in [1.82, 2.24) is 4.90 Å². The Balaban J connectivity index is 1.91. The Kier molecular flexibility index (Phi) is 4.24. The van der Waals surface area contributed by atoms with Gasteiger partial charge in [0.05, 0.1) is 5.54 Å². The first-order chi connectivity index (χ1) is 9.62. The number of thiophene rings is 1. The second-order valence-corrected chi connectivity index (χ2v) is 8.52. The molecule has 0 aromatic carbocycles. The number of nitrogens with zero attached hydrogens (tertiary/aromatic N) is 1. The molecule has 0 N–H and O–H groups in total. The molecule has 2 heterocycles. The highest BCUT2D eigenvalue weighted by Gasteiger charge is 2.42. The van der Waals surface area contributed by atoms with Gasteiger partial charge in [-0.1, -0.05) is 32.8 Å². The molecule has 1 aliphatic carbocycles. The monoisotopic (exact) mass is 291 g/mol. The molecule has 1 saturated heterocycles. The predicted molar refractivity (Wildman–Crippen MR) is 88.3 cm³/mol. The highest BCUT2D eigenvalue weighted by Crippen LogP contribution is 2.48. The van der Waals surface area contributed by atoms with Crippen LogP contribution in [0.5, 0.6) is 0 Å². The standard InChI is InChI=1S/C18H29NS/c1-17(2)9-7-10-18(12-11-17,16-8-6-15-20-16)19-13-4-3-5-14-19/h6,8,15H,3-5,7,9-14H2,1-2H3. The third kappa shape index (κ3) is 2.82. The summed E-state index contributed by atoms with van der Waals surface area (Å²) in [7, 11) is 0. The zero-order valence-electron chi connectivity index (χ0n) is 13.2. The zero-order chi connectivity index (χ0) is 14.1. The van der Waals surface area contributed by atoms with Gasteiger partial charge in [-0.2, -0.15) is 0 Å². The number of hydrogen-bond acceptors (Lipinski definition) is 2. The van der Waals surface area contributed by atoms with Gasteiger partial charge in [-0.15, -0.1) is 11.3 Å². The zero-order valence-corrected chi connectivity index (χ0v) is 14.0. The SMILES string of the molecule is CC1(C)CCCC(c2cccs2)(N2CCCCC2)CC1. The molecule has 2 fully saturated rings. The number of likely N-dealkylation sites (tertiary alicyclic amines) is 1. The molecule has 2 heteroatoms. The van der Waals surface area contributed by atoms with Gasteiger partial charge in [-0.25, -0.2) is 0 Å². The van der Waals surface area contributed by atoms with E-state index in [0.29, 0.717) is 11.0 Å². The van der Waals surface area contributed by atoms with Crippen molar-refractivity contribution in [3.05, 3.63) is 22.4 Å². The fourth-order valence-electron chi connectivity index (χ4n) is 4.24. The van der Waals surface area contributed by atoms with Crippen LogP contribution < -0.4 is 0 Å². The first-order valence-electron chi connectivity index (χ1n) is 8.42. The van der Waals surface area contributed by atoms with E-state index in [4.69, 9.17) is 0 Å². The molecule has 0 radical (unpaired) electrons. The maximum absolute atomic E-state index is 2.85. The van der Waals surface area contributed by atoms with E-state index in [0.717, 1.165) is 0 Å². The van der Waals surface area contributed by atoms with Crippen molar-refractivity contribution in [2.24, 2.45) is 5.41 Å². The molecular weight excluding hydrogens is 262 g/mol. The normalized spacial score (nSPS) is 31.9. The molecule has 1 aromatic rings. The summed E-state index contributed by atoms with van der Waals surface area (Å²) < 4.78 is 0. The number of hydrogen-bond donors (Lipinski definition) is 0. The maximum Gasteiger partial charge on any atom is 0.0553 e. The van der Waals surface area contributed by atoms with Gasteiger partial charge >= 0.3 is 0 Å². The summed E-state index contributed by atoms with van der Waals surface area (Å²) in [6.07, 6.45) is 11.1. The van der Waals surface area contributed by atoms with Crippen LogP contribution in [0.1, 0.15) is 70.1 Å². The molecular formula is C18H29NS. The molecule has 0 spiro atoms. The van der Waals surface area contributed by atoms with Crippen molar-refractivity contribution in [3.63, 3.8) is 0 Å². The van der Waals surface area contributed by atoms with Crippen LogP contribution in [0.3, 0.4) is 0 Å². The van der Waals surface area contributed by atoms with Crippen LogP contribution in [0.15, 0.2) is 17.5 Å². The molecule has 20 heavy (non-hydrogen) atoms. The van der Waals surface area contributed by atoms with Gasteiger partial charge in [0, 0.05) is 4.88 Å². The fraction of sp³-hybridized carbons (Fsp3) is 0.778. The Morgan fingerprint density at radius 1 is 0.950 bits per heavy atom. The van der Waals surface area contributed by atoms with Crippen LogP contribution >= 0.6 is 11.3 Å². The van der Waals surface area contributed by atoms with Gasteiger partial charge in [-0.05, 0) is 68.5 Å². The van der Waals surface area contributed by atoms with Crippen molar-refractivity contribution in [1.29, 1.82) is 0 Å². The van der Waals surface area contributed by atoms with E-state index in [2.05, 4.69) is 36.3 Å². The first kappa shape index (κ1) is 14.6. The van der Waals surface area contributed by atoms with E-state index in [9.17, 15) is 0 Å². The van der Waals surface area contributed by atoms with E-state index in [-0.39, 0.29) is 0 Å². The van der Waals surface area contributed by atoms with E-state index < -0.39 is 0 Å². The van der Waals surface area contributed by atoms with Crippen molar-refractivity contribution >= 4 is 11.3 Å². The number of piperidine rings is 1. The smallest absolute Gasteiger partial charge is 0.0553 e. The lowest BCUT2D eigenvalue weighted by Crippen LogP contribution is -2.48. The second kappa shape index (κ2) is 5.81. The van der Waals surface area contributed by atoms with E-state index in [1.54, 1.807) is 4.88 Å². The molecule has 0 amide bonds. The summed E-state index contributed by atoms with van der Waals surface area (Å²) in [5, 5.41) is 2.27. The highest BCUT2D eigenvalue weighted by atomic mass is 32.1. The minimum absolute atomic E-state index is 0.363. The van der Waals surface area contributed by atoms with Crippen molar-refractivity contribution in [2.75, 3.05) is 13.1 Å². The molecule has 0 bridgehead atoms. The average Bonchev–Trinajstić information content (AvgIpc) is 2.93. The minimum atomic E-state index is 0.363. The van der Waals surface area contributed by atoms with E-state index in [1.165, 1.54) is 64.5 Å². The molecule has 112 valence electrons.